The molecule has 10 nitrogen and oxygen atoms in total. The van der Waals surface area contributed by atoms with E-state index < -0.39 is 17.5 Å². The number of nitrogens with one attached hydrogen (secondary N) is 1. The maximum atomic E-state index is 12.8. The van der Waals surface area contributed by atoms with Gasteiger partial charge in [-0.3, -0.25) is 24.1 Å². The summed E-state index contributed by atoms with van der Waals surface area (Å²) < 4.78 is 5.04. The van der Waals surface area contributed by atoms with Gasteiger partial charge in [0.05, 0.1) is 19.1 Å². The van der Waals surface area contributed by atoms with Crippen molar-refractivity contribution in [1.29, 1.82) is 0 Å². The minimum Gasteiger partial charge on any atom is -0.466 e. The van der Waals surface area contributed by atoms with Gasteiger partial charge in [-0.2, -0.15) is 0 Å². The summed E-state index contributed by atoms with van der Waals surface area (Å²) in [6.45, 7) is 2.44. The molecule has 0 unspecified atom stereocenters. The maximum absolute atomic E-state index is 12.8. The highest BCUT2D eigenvalue weighted by Crippen LogP contribution is 2.33. The van der Waals surface area contributed by atoms with Crippen LogP contribution < -0.4 is 5.32 Å². The zero-order chi connectivity index (χ0) is 22.6. The number of nitrogens with zero attached hydrogens (tertiary/aromatic N) is 3. The molecule has 2 heterocycles. The molecule has 0 aromatic carbocycles. The Labute approximate surface area is 182 Å². The molecule has 2 saturated heterocycles. The third-order valence-electron chi connectivity index (χ3n) is 6.51. The minimum atomic E-state index is -0.868. The predicted molar refractivity (Wildman–Crippen MR) is 110 cm³/mol. The van der Waals surface area contributed by atoms with Crippen LogP contribution in [0.1, 0.15) is 51.9 Å². The summed E-state index contributed by atoms with van der Waals surface area (Å²) in [5, 5.41) is 2.78. The van der Waals surface area contributed by atoms with Crippen molar-refractivity contribution < 1.29 is 28.7 Å². The Kier molecular flexibility index (Phi) is 7.17. The monoisotopic (exact) mass is 436 g/mol. The first-order valence-electron chi connectivity index (χ1n) is 11.1. The van der Waals surface area contributed by atoms with Gasteiger partial charge in [0, 0.05) is 20.1 Å². The average molecular weight is 437 g/mol. The number of hydrogen-bond acceptors (Lipinski definition) is 6. The van der Waals surface area contributed by atoms with Crippen LogP contribution >= 0.6 is 0 Å². The van der Waals surface area contributed by atoms with E-state index in [2.05, 4.69) is 5.32 Å². The highest BCUT2D eigenvalue weighted by molar-refractivity contribution is 6.09. The summed E-state index contributed by atoms with van der Waals surface area (Å²) >= 11 is 0. The normalized spacial score (nSPS) is 21.2. The Bertz CT molecular complexity index is 740. The fourth-order valence-electron chi connectivity index (χ4n) is 4.59. The average Bonchev–Trinajstić information content (AvgIpc) is 2.98. The third kappa shape index (κ3) is 4.99. The van der Waals surface area contributed by atoms with Gasteiger partial charge in [-0.1, -0.05) is 19.3 Å². The zero-order valence-corrected chi connectivity index (χ0v) is 18.4. The van der Waals surface area contributed by atoms with Gasteiger partial charge in [-0.05, 0) is 32.6 Å². The topological polar surface area (TPSA) is 116 Å². The molecule has 0 aromatic heterocycles. The SMILES string of the molecule is CCOC(=O)C1CCN(C(=O)CN(C)C(=O)CN2C(=O)NC3(CCCCC3)C2=O)CC1. The molecule has 1 N–H and O–H groups in total. The number of piperidine rings is 1. The first kappa shape index (κ1) is 23.0. The number of hydrogen-bond donors (Lipinski definition) is 1. The highest BCUT2D eigenvalue weighted by Gasteiger charge is 2.51. The number of ether oxygens (including phenoxy) is 1. The number of esters is 1. The molecular formula is C21H32N4O6. The predicted octanol–water partition coefficient (Wildman–Crippen LogP) is 0.501. The number of carbonyl (C=O) groups is 5. The number of urea groups is 1. The third-order valence-corrected chi connectivity index (χ3v) is 6.51. The molecule has 3 fully saturated rings. The van der Waals surface area contributed by atoms with E-state index in [0.717, 1.165) is 24.2 Å². The first-order chi connectivity index (χ1) is 14.8. The standard InChI is InChI=1S/C21H32N4O6/c1-3-31-18(28)15-7-11-24(12-8-15)17(27)13-23(2)16(26)14-25-19(29)21(22-20(25)30)9-5-4-6-10-21/h15H,3-14H2,1-2H3,(H,22,30). The summed E-state index contributed by atoms with van der Waals surface area (Å²) in [5.41, 5.74) is -0.868. The van der Waals surface area contributed by atoms with E-state index in [0.29, 0.717) is 45.4 Å². The second-order valence-electron chi connectivity index (χ2n) is 8.62. The molecule has 0 atom stereocenters. The summed E-state index contributed by atoms with van der Waals surface area (Å²) in [5.74, 6) is -1.46. The quantitative estimate of drug-likeness (QED) is 0.479. The smallest absolute Gasteiger partial charge is 0.325 e. The van der Waals surface area contributed by atoms with Crippen molar-refractivity contribution in [2.45, 2.75) is 57.4 Å². The van der Waals surface area contributed by atoms with Crippen molar-refractivity contribution in [1.82, 2.24) is 20.0 Å². The van der Waals surface area contributed by atoms with Crippen LogP contribution in [-0.4, -0.2) is 89.8 Å². The van der Waals surface area contributed by atoms with Crippen LogP contribution in [0.2, 0.25) is 0 Å². The van der Waals surface area contributed by atoms with Crippen molar-refractivity contribution in [2.75, 3.05) is 39.8 Å². The maximum Gasteiger partial charge on any atom is 0.325 e. The highest BCUT2D eigenvalue weighted by atomic mass is 16.5. The Hall–Kier alpha value is -2.65. The summed E-state index contributed by atoms with van der Waals surface area (Å²) in [4.78, 5) is 66.0. The molecule has 0 radical (unpaired) electrons. The van der Waals surface area contributed by atoms with E-state index in [1.807, 2.05) is 0 Å². The van der Waals surface area contributed by atoms with Crippen molar-refractivity contribution in [3.63, 3.8) is 0 Å². The summed E-state index contributed by atoms with van der Waals surface area (Å²) in [6.07, 6.45) is 5.03. The van der Waals surface area contributed by atoms with Crippen LogP contribution in [-0.2, 0) is 23.9 Å². The van der Waals surface area contributed by atoms with Crippen molar-refractivity contribution in [2.24, 2.45) is 5.92 Å². The van der Waals surface area contributed by atoms with Crippen LogP contribution in [0.25, 0.3) is 0 Å². The summed E-state index contributed by atoms with van der Waals surface area (Å²) in [7, 11) is 1.49. The second-order valence-corrected chi connectivity index (χ2v) is 8.62. The van der Waals surface area contributed by atoms with Gasteiger partial charge in [-0.25, -0.2) is 4.79 Å². The Balaban J connectivity index is 1.48. The van der Waals surface area contributed by atoms with Crippen molar-refractivity contribution in [3.8, 4) is 0 Å². The molecule has 172 valence electrons. The Morgan fingerprint density at radius 3 is 2.39 bits per heavy atom. The minimum absolute atomic E-state index is 0.141. The zero-order valence-electron chi connectivity index (χ0n) is 18.4. The molecule has 10 heteroatoms. The molecule has 2 aliphatic heterocycles. The van der Waals surface area contributed by atoms with Gasteiger partial charge in [0.15, 0.2) is 0 Å². The number of carbonyl (C=O) groups excluding carboxylic acids is 5. The number of amides is 5. The number of likely N-dealkylation sites (N-methyl/N-ethyl adjacent to an activating group) is 1. The van der Waals surface area contributed by atoms with Gasteiger partial charge in [0.25, 0.3) is 5.91 Å². The molecular weight excluding hydrogens is 404 g/mol. The molecule has 0 bridgehead atoms. The van der Waals surface area contributed by atoms with E-state index in [1.54, 1.807) is 11.8 Å². The van der Waals surface area contributed by atoms with Crippen LogP contribution in [0.15, 0.2) is 0 Å². The second kappa shape index (κ2) is 9.65. The van der Waals surface area contributed by atoms with Gasteiger partial charge in [-0.15, -0.1) is 0 Å². The lowest BCUT2D eigenvalue weighted by atomic mass is 9.82. The first-order valence-corrected chi connectivity index (χ1v) is 11.1. The van der Waals surface area contributed by atoms with Crippen LogP contribution in [0.4, 0.5) is 4.79 Å². The molecule has 31 heavy (non-hydrogen) atoms. The molecule has 0 aromatic rings. The number of likely N-dealkylation sites (tertiary alicyclic amines) is 1. The lowest BCUT2D eigenvalue weighted by molar-refractivity contribution is -0.151. The van der Waals surface area contributed by atoms with Crippen LogP contribution in [0.3, 0.4) is 0 Å². The van der Waals surface area contributed by atoms with E-state index in [9.17, 15) is 24.0 Å². The van der Waals surface area contributed by atoms with E-state index >= 15 is 0 Å². The van der Waals surface area contributed by atoms with E-state index in [1.165, 1.54) is 11.9 Å². The fraction of sp³-hybridized carbons (Fsp3) is 0.762. The molecule has 1 saturated carbocycles. The van der Waals surface area contributed by atoms with Gasteiger partial charge >= 0.3 is 12.0 Å². The largest absolute Gasteiger partial charge is 0.466 e. The Morgan fingerprint density at radius 1 is 1.13 bits per heavy atom. The van der Waals surface area contributed by atoms with Crippen molar-refractivity contribution in [3.05, 3.63) is 0 Å². The van der Waals surface area contributed by atoms with Gasteiger partial charge in [0.1, 0.15) is 12.1 Å². The molecule has 1 spiro atoms. The molecule has 5 amide bonds. The van der Waals surface area contributed by atoms with Gasteiger partial charge in [0.2, 0.25) is 11.8 Å². The number of rotatable bonds is 6. The van der Waals surface area contributed by atoms with Crippen molar-refractivity contribution >= 4 is 29.7 Å². The lowest BCUT2D eigenvalue weighted by Crippen LogP contribution is -2.50. The van der Waals surface area contributed by atoms with Gasteiger partial charge < -0.3 is 19.9 Å². The van der Waals surface area contributed by atoms with Crippen LogP contribution in [0.5, 0.6) is 0 Å². The molecule has 3 aliphatic rings. The van der Waals surface area contributed by atoms with Crippen LogP contribution in [0, 0.1) is 5.92 Å². The molecule has 3 rings (SSSR count). The fourth-order valence-corrected chi connectivity index (χ4v) is 4.59. The lowest BCUT2D eigenvalue weighted by Gasteiger charge is -2.32. The van der Waals surface area contributed by atoms with E-state index in [-0.39, 0.29) is 36.8 Å². The molecule has 1 aliphatic carbocycles. The summed E-state index contributed by atoms with van der Waals surface area (Å²) in [6, 6.07) is -0.541. The number of imide groups is 1. The van der Waals surface area contributed by atoms with E-state index in [4.69, 9.17) is 4.74 Å². The Morgan fingerprint density at radius 2 is 1.77 bits per heavy atom.